The highest BCUT2D eigenvalue weighted by Gasteiger charge is 2.16. The molecule has 1 aromatic carbocycles. The van der Waals surface area contributed by atoms with E-state index in [-0.39, 0.29) is 34.2 Å². The maximum atomic E-state index is 11.5. The molecule has 0 aromatic heterocycles. The van der Waals surface area contributed by atoms with Crippen molar-refractivity contribution in [3.05, 3.63) is 27.7 Å². The predicted molar refractivity (Wildman–Crippen MR) is 59.3 cm³/mol. The average Bonchev–Trinajstić information content (AvgIpc) is 2.23. The van der Waals surface area contributed by atoms with Crippen molar-refractivity contribution in [3.63, 3.8) is 0 Å². The predicted octanol–water partition coefficient (Wildman–Crippen LogP) is 2.75. The zero-order valence-electron chi connectivity index (χ0n) is 8.04. The van der Waals surface area contributed by atoms with Crippen LogP contribution in [0.4, 0.5) is 0 Å². The Kier molecular flexibility index (Phi) is 4.15. The molecule has 0 aliphatic rings. The molecule has 0 atom stereocenters. The van der Waals surface area contributed by atoms with Gasteiger partial charge in [0.15, 0.2) is 5.78 Å². The smallest absolute Gasteiger partial charge is 0.303 e. The maximum Gasteiger partial charge on any atom is 0.303 e. The molecular formula is C10H8Cl2O4. The lowest BCUT2D eigenvalue weighted by Crippen LogP contribution is -2.04. The van der Waals surface area contributed by atoms with E-state index < -0.39 is 11.8 Å². The van der Waals surface area contributed by atoms with Crippen molar-refractivity contribution in [3.8, 4) is 5.75 Å². The van der Waals surface area contributed by atoms with Gasteiger partial charge in [0.05, 0.1) is 11.4 Å². The molecule has 4 nitrogen and oxygen atoms in total. The molecule has 0 heterocycles. The average molecular weight is 263 g/mol. The normalized spacial score (nSPS) is 10.1. The summed E-state index contributed by atoms with van der Waals surface area (Å²) in [6, 6.07) is 2.55. The van der Waals surface area contributed by atoms with E-state index in [1.807, 2.05) is 0 Å². The standard InChI is InChI=1S/C10H8Cl2O4/c11-9-5(1-2-7(14)10(9)12)6(13)3-4-8(15)16/h1-2,14H,3-4H2,(H,15,16). The summed E-state index contributed by atoms with van der Waals surface area (Å²) in [4.78, 5) is 21.8. The zero-order valence-corrected chi connectivity index (χ0v) is 9.55. The number of rotatable bonds is 4. The molecule has 0 spiro atoms. The molecule has 0 amide bonds. The Balaban J connectivity index is 2.92. The molecule has 0 bridgehead atoms. The Labute approximate surface area is 101 Å². The number of hydrogen-bond donors (Lipinski definition) is 2. The minimum absolute atomic E-state index is 0.0583. The number of hydrogen-bond acceptors (Lipinski definition) is 3. The second kappa shape index (κ2) is 5.18. The minimum Gasteiger partial charge on any atom is -0.506 e. The van der Waals surface area contributed by atoms with Crippen molar-refractivity contribution >= 4 is 35.0 Å². The number of phenolic OH excluding ortho intramolecular Hbond substituents is 1. The van der Waals surface area contributed by atoms with E-state index in [0.29, 0.717) is 0 Å². The summed E-state index contributed by atoms with van der Waals surface area (Å²) in [6.45, 7) is 0. The van der Waals surface area contributed by atoms with Gasteiger partial charge in [-0.15, -0.1) is 0 Å². The third kappa shape index (κ3) is 2.87. The second-order valence-electron chi connectivity index (χ2n) is 3.08. The van der Waals surface area contributed by atoms with Gasteiger partial charge >= 0.3 is 5.97 Å². The summed E-state index contributed by atoms with van der Waals surface area (Å²) in [5.74, 6) is -1.70. The van der Waals surface area contributed by atoms with Crippen LogP contribution in [0.15, 0.2) is 12.1 Å². The van der Waals surface area contributed by atoms with Crippen molar-refractivity contribution in [2.45, 2.75) is 12.8 Å². The fourth-order valence-corrected chi connectivity index (χ4v) is 1.54. The monoisotopic (exact) mass is 262 g/mol. The maximum absolute atomic E-state index is 11.5. The van der Waals surface area contributed by atoms with Crippen LogP contribution in [0.1, 0.15) is 23.2 Å². The molecule has 0 aliphatic carbocycles. The topological polar surface area (TPSA) is 74.6 Å². The van der Waals surface area contributed by atoms with Crippen LogP contribution >= 0.6 is 23.2 Å². The number of carboxylic acids is 1. The second-order valence-corrected chi connectivity index (χ2v) is 3.83. The molecule has 2 N–H and O–H groups in total. The van der Waals surface area contributed by atoms with E-state index in [0.717, 1.165) is 0 Å². The lowest BCUT2D eigenvalue weighted by atomic mass is 10.1. The number of aliphatic carboxylic acids is 1. The Morgan fingerprint density at radius 1 is 1.12 bits per heavy atom. The van der Waals surface area contributed by atoms with E-state index in [9.17, 15) is 14.7 Å². The summed E-state index contributed by atoms with van der Waals surface area (Å²) in [5.41, 5.74) is 0.116. The first-order valence-electron chi connectivity index (χ1n) is 4.35. The number of phenols is 1. The lowest BCUT2D eigenvalue weighted by Gasteiger charge is -2.05. The van der Waals surface area contributed by atoms with Crippen LogP contribution in [0.3, 0.4) is 0 Å². The van der Waals surface area contributed by atoms with Gasteiger partial charge in [0.1, 0.15) is 10.8 Å². The molecule has 1 aromatic rings. The Morgan fingerprint density at radius 2 is 1.75 bits per heavy atom. The largest absolute Gasteiger partial charge is 0.506 e. The van der Waals surface area contributed by atoms with Crippen LogP contribution in [0.2, 0.25) is 10.0 Å². The highest BCUT2D eigenvalue weighted by Crippen LogP contribution is 2.34. The molecule has 0 saturated carbocycles. The number of Topliss-reactive ketones (excluding diaryl/α,β-unsaturated/α-hetero) is 1. The molecule has 16 heavy (non-hydrogen) atoms. The van der Waals surface area contributed by atoms with Gasteiger partial charge in [-0.05, 0) is 12.1 Å². The van der Waals surface area contributed by atoms with Gasteiger partial charge in [-0.25, -0.2) is 0 Å². The molecule has 1 rings (SSSR count). The fourth-order valence-electron chi connectivity index (χ4n) is 1.11. The molecule has 0 saturated heterocycles. The Morgan fingerprint density at radius 3 is 2.31 bits per heavy atom. The van der Waals surface area contributed by atoms with Crippen LogP contribution in [-0.4, -0.2) is 22.0 Å². The van der Waals surface area contributed by atoms with Crippen LogP contribution in [0.25, 0.3) is 0 Å². The van der Waals surface area contributed by atoms with E-state index in [1.54, 1.807) is 0 Å². The van der Waals surface area contributed by atoms with Crippen LogP contribution in [0.5, 0.6) is 5.75 Å². The molecule has 0 unspecified atom stereocenters. The molecule has 0 aliphatic heterocycles. The number of carboxylic acid groups (broad SMARTS) is 1. The number of ketones is 1. The summed E-state index contributed by atoms with van der Waals surface area (Å²) in [6.07, 6.45) is -0.427. The number of halogens is 2. The van der Waals surface area contributed by atoms with Gasteiger partial charge in [0, 0.05) is 12.0 Å². The number of aromatic hydroxyl groups is 1. The number of carbonyl (C=O) groups excluding carboxylic acids is 1. The molecule has 86 valence electrons. The van der Waals surface area contributed by atoms with Crippen LogP contribution in [-0.2, 0) is 4.79 Å². The molecule has 0 radical (unpaired) electrons. The van der Waals surface area contributed by atoms with Gasteiger partial charge in [-0.2, -0.15) is 0 Å². The summed E-state index contributed by atoms with van der Waals surface area (Å²) < 4.78 is 0. The van der Waals surface area contributed by atoms with Gasteiger partial charge in [-0.1, -0.05) is 23.2 Å². The highest BCUT2D eigenvalue weighted by molar-refractivity contribution is 6.44. The third-order valence-electron chi connectivity index (χ3n) is 1.93. The van der Waals surface area contributed by atoms with Gasteiger partial charge < -0.3 is 10.2 Å². The van der Waals surface area contributed by atoms with Gasteiger partial charge in [-0.3, -0.25) is 9.59 Å². The first-order chi connectivity index (χ1) is 7.43. The van der Waals surface area contributed by atoms with E-state index >= 15 is 0 Å². The Hall–Kier alpha value is -1.26. The van der Waals surface area contributed by atoms with Crippen LogP contribution in [0, 0.1) is 0 Å². The van der Waals surface area contributed by atoms with E-state index in [1.165, 1.54) is 12.1 Å². The fraction of sp³-hybridized carbons (Fsp3) is 0.200. The number of carbonyl (C=O) groups is 2. The minimum atomic E-state index is -1.06. The van der Waals surface area contributed by atoms with Crippen molar-refractivity contribution in [2.24, 2.45) is 0 Å². The van der Waals surface area contributed by atoms with Gasteiger partial charge in [0.2, 0.25) is 0 Å². The van der Waals surface area contributed by atoms with Crippen molar-refractivity contribution < 1.29 is 19.8 Å². The zero-order chi connectivity index (χ0) is 12.3. The highest BCUT2D eigenvalue weighted by atomic mass is 35.5. The van der Waals surface area contributed by atoms with Crippen molar-refractivity contribution in [2.75, 3.05) is 0 Å². The van der Waals surface area contributed by atoms with E-state index in [2.05, 4.69) is 0 Å². The summed E-state index contributed by atoms with van der Waals surface area (Å²) in [7, 11) is 0. The van der Waals surface area contributed by atoms with Crippen molar-refractivity contribution in [1.82, 2.24) is 0 Å². The van der Waals surface area contributed by atoms with Crippen LogP contribution < -0.4 is 0 Å². The Bertz CT molecular complexity index is 443. The molecular weight excluding hydrogens is 255 g/mol. The SMILES string of the molecule is O=C(O)CCC(=O)c1ccc(O)c(Cl)c1Cl. The third-order valence-corrected chi connectivity index (χ3v) is 2.80. The van der Waals surface area contributed by atoms with Gasteiger partial charge in [0.25, 0.3) is 0 Å². The summed E-state index contributed by atoms with van der Waals surface area (Å²) in [5, 5.41) is 17.5. The molecule has 6 heteroatoms. The number of benzene rings is 1. The first kappa shape index (κ1) is 12.8. The first-order valence-corrected chi connectivity index (χ1v) is 5.11. The van der Waals surface area contributed by atoms with Crippen molar-refractivity contribution in [1.29, 1.82) is 0 Å². The quantitative estimate of drug-likeness (QED) is 0.819. The van der Waals surface area contributed by atoms with E-state index in [4.69, 9.17) is 28.3 Å². The lowest BCUT2D eigenvalue weighted by molar-refractivity contribution is -0.136. The summed E-state index contributed by atoms with van der Waals surface area (Å²) >= 11 is 11.4. The molecule has 0 fully saturated rings.